The molecule has 100 valence electrons. The zero-order valence-corrected chi connectivity index (χ0v) is 12.7. The molecule has 1 rings (SSSR count). The van der Waals surface area contributed by atoms with Crippen LogP contribution in [0.1, 0.15) is 40.0 Å². The number of hydrogen-bond donors (Lipinski definition) is 0. The highest BCUT2D eigenvalue weighted by atomic mass is 35.5. The molecule has 0 aliphatic carbocycles. The van der Waals surface area contributed by atoms with Gasteiger partial charge in [-0.25, -0.2) is 0 Å². The second kappa shape index (κ2) is 7.06. The van der Waals surface area contributed by atoms with Gasteiger partial charge in [-0.2, -0.15) is 0 Å². The van der Waals surface area contributed by atoms with Gasteiger partial charge in [0.1, 0.15) is 11.5 Å². The van der Waals surface area contributed by atoms with Crippen LogP contribution in [0.5, 0.6) is 5.75 Å². The second-order valence-corrected chi connectivity index (χ2v) is 5.02. The number of rotatable bonds is 6. The minimum atomic E-state index is 0.0153. The van der Waals surface area contributed by atoms with Gasteiger partial charge in [0, 0.05) is 16.0 Å². The molecular formula is C15H20Cl2O. The molecule has 0 spiro atoms. The van der Waals surface area contributed by atoms with Gasteiger partial charge in [0.2, 0.25) is 0 Å². The molecule has 0 unspecified atom stereocenters. The van der Waals surface area contributed by atoms with E-state index in [4.69, 9.17) is 27.9 Å². The topological polar surface area (TPSA) is 9.23 Å². The van der Waals surface area contributed by atoms with Gasteiger partial charge in [-0.1, -0.05) is 44.0 Å². The average Bonchev–Trinajstić information content (AvgIpc) is 2.42. The van der Waals surface area contributed by atoms with Gasteiger partial charge >= 0.3 is 0 Å². The van der Waals surface area contributed by atoms with Crippen LogP contribution in [0.4, 0.5) is 0 Å². The Hall–Kier alpha value is -0.660. The molecular weight excluding hydrogens is 267 g/mol. The van der Waals surface area contributed by atoms with Crippen LogP contribution in [0, 0.1) is 5.41 Å². The second-order valence-electron chi connectivity index (χ2n) is 4.37. The molecule has 1 aromatic carbocycles. The summed E-state index contributed by atoms with van der Waals surface area (Å²) < 4.78 is 5.93. The minimum Gasteiger partial charge on any atom is -0.460 e. The third kappa shape index (κ3) is 3.43. The van der Waals surface area contributed by atoms with Gasteiger partial charge in [-0.05, 0) is 43.5 Å². The number of halogens is 2. The van der Waals surface area contributed by atoms with E-state index >= 15 is 0 Å². The normalized spacial score (nSPS) is 12.6. The van der Waals surface area contributed by atoms with Crippen molar-refractivity contribution >= 4 is 23.2 Å². The lowest BCUT2D eigenvalue weighted by molar-refractivity contribution is 0.209. The molecule has 0 aliphatic heterocycles. The molecule has 3 heteroatoms. The Bertz CT molecular complexity index is 383. The Kier molecular flexibility index (Phi) is 6.04. The molecule has 0 saturated heterocycles. The summed E-state index contributed by atoms with van der Waals surface area (Å²) >= 11 is 11.8. The van der Waals surface area contributed by atoms with Crippen LogP contribution in [0.25, 0.3) is 0 Å². The van der Waals surface area contributed by atoms with Gasteiger partial charge in [0.25, 0.3) is 0 Å². The van der Waals surface area contributed by atoms with E-state index in [-0.39, 0.29) is 5.41 Å². The summed E-state index contributed by atoms with van der Waals surface area (Å²) in [6.45, 7) is 6.50. The molecule has 0 atom stereocenters. The fraction of sp³-hybridized carbons (Fsp3) is 0.467. The quantitative estimate of drug-likeness (QED) is 0.582. The van der Waals surface area contributed by atoms with E-state index in [1.165, 1.54) is 0 Å². The van der Waals surface area contributed by atoms with Crippen molar-refractivity contribution < 1.29 is 4.74 Å². The average molecular weight is 287 g/mol. The third-order valence-electron chi connectivity index (χ3n) is 3.69. The van der Waals surface area contributed by atoms with E-state index in [0.717, 1.165) is 30.8 Å². The Labute approximate surface area is 120 Å². The highest BCUT2D eigenvalue weighted by Crippen LogP contribution is 2.40. The molecule has 0 amide bonds. The van der Waals surface area contributed by atoms with Crippen LogP contribution in [-0.4, -0.2) is 0 Å². The lowest BCUT2D eigenvalue weighted by Crippen LogP contribution is -2.24. The smallest absolute Gasteiger partial charge is 0.127 e. The Morgan fingerprint density at radius 3 is 2.00 bits per heavy atom. The van der Waals surface area contributed by atoms with Crippen molar-refractivity contribution in [2.75, 3.05) is 0 Å². The largest absolute Gasteiger partial charge is 0.460 e. The van der Waals surface area contributed by atoms with Crippen molar-refractivity contribution in [3.63, 3.8) is 0 Å². The predicted octanol–water partition coefficient (Wildman–Crippen LogP) is 6.02. The Balaban J connectivity index is 2.94. The van der Waals surface area contributed by atoms with Gasteiger partial charge in [-0.3, -0.25) is 0 Å². The van der Waals surface area contributed by atoms with Crippen molar-refractivity contribution in [3.8, 4) is 5.75 Å². The van der Waals surface area contributed by atoms with E-state index < -0.39 is 0 Å². The molecule has 0 fully saturated rings. The molecule has 18 heavy (non-hydrogen) atoms. The van der Waals surface area contributed by atoms with E-state index in [9.17, 15) is 0 Å². The molecule has 0 saturated carbocycles. The Morgan fingerprint density at radius 1 is 1.11 bits per heavy atom. The molecule has 0 aliphatic rings. The van der Waals surface area contributed by atoms with E-state index in [0.29, 0.717) is 5.02 Å². The molecule has 1 nitrogen and oxygen atoms in total. The zero-order valence-electron chi connectivity index (χ0n) is 11.2. The summed E-state index contributed by atoms with van der Waals surface area (Å²) in [5, 5.41) is 0.700. The summed E-state index contributed by atoms with van der Waals surface area (Å²) in [5.41, 5.74) is 1.58. The number of benzene rings is 1. The molecule has 0 N–H and O–H groups in total. The maximum Gasteiger partial charge on any atom is 0.127 e. The van der Waals surface area contributed by atoms with Crippen molar-refractivity contribution in [1.82, 2.24) is 0 Å². The van der Waals surface area contributed by atoms with Gasteiger partial charge < -0.3 is 4.74 Å². The van der Waals surface area contributed by atoms with Crippen molar-refractivity contribution in [2.24, 2.45) is 5.41 Å². The SMILES string of the molecule is CCC(CC)(CC)C(=CCl)Oc1ccc(Cl)cc1. The molecule has 1 aromatic rings. The predicted molar refractivity (Wildman–Crippen MR) is 79.3 cm³/mol. The number of ether oxygens (including phenoxy) is 1. The van der Waals surface area contributed by atoms with Crippen LogP contribution < -0.4 is 4.74 Å². The Morgan fingerprint density at radius 2 is 1.61 bits per heavy atom. The van der Waals surface area contributed by atoms with Crippen LogP contribution in [0.15, 0.2) is 35.6 Å². The van der Waals surface area contributed by atoms with Gasteiger partial charge in [-0.15, -0.1) is 0 Å². The fourth-order valence-corrected chi connectivity index (χ4v) is 2.55. The molecule has 0 aromatic heterocycles. The maximum absolute atomic E-state index is 5.96. The highest BCUT2D eigenvalue weighted by Gasteiger charge is 2.30. The van der Waals surface area contributed by atoms with Gasteiger partial charge in [0.15, 0.2) is 0 Å². The van der Waals surface area contributed by atoms with E-state index in [2.05, 4.69) is 20.8 Å². The van der Waals surface area contributed by atoms with Crippen LogP contribution in [0.2, 0.25) is 5.02 Å². The van der Waals surface area contributed by atoms with E-state index in [1.54, 1.807) is 5.54 Å². The maximum atomic E-state index is 5.96. The molecule has 0 bridgehead atoms. The van der Waals surface area contributed by atoms with Crippen LogP contribution in [0.3, 0.4) is 0 Å². The first-order chi connectivity index (χ1) is 8.61. The summed E-state index contributed by atoms with van der Waals surface area (Å²) in [5.74, 6) is 1.60. The van der Waals surface area contributed by atoms with Crippen LogP contribution >= 0.6 is 23.2 Å². The third-order valence-corrected chi connectivity index (χ3v) is 4.14. The zero-order chi connectivity index (χ0) is 13.6. The van der Waals surface area contributed by atoms with Crippen molar-refractivity contribution in [2.45, 2.75) is 40.0 Å². The summed E-state index contributed by atoms with van der Waals surface area (Å²) in [7, 11) is 0. The first kappa shape index (κ1) is 15.4. The van der Waals surface area contributed by atoms with Crippen LogP contribution in [-0.2, 0) is 0 Å². The first-order valence-corrected chi connectivity index (χ1v) is 7.17. The van der Waals surface area contributed by atoms with Gasteiger partial charge in [0.05, 0.1) is 0 Å². The molecule has 0 heterocycles. The lowest BCUT2D eigenvalue weighted by Gasteiger charge is -2.32. The monoisotopic (exact) mass is 286 g/mol. The van der Waals surface area contributed by atoms with Crippen molar-refractivity contribution in [3.05, 3.63) is 40.6 Å². The molecule has 0 radical (unpaired) electrons. The first-order valence-electron chi connectivity index (χ1n) is 6.36. The highest BCUT2D eigenvalue weighted by molar-refractivity contribution is 6.30. The number of allylic oxidation sites excluding steroid dienone is 1. The van der Waals surface area contributed by atoms with Crippen molar-refractivity contribution in [1.29, 1.82) is 0 Å². The standard InChI is InChI=1S/C15H20Cl2O/c1-4-15(5-2,6-3)14(11-16)18-13-9-7-12(17)8-10-13/h7-11H,4-6H2,1-3H3. The number of hydrogen-bond acceptors (Lipinski definition) is 1. The lowest BCUT2D eigenvalue weighted by atomic mass is 9.78. The fourth-order valence-electron chi connectivity index (χ4n) is 2.15. The summed E-state index contributed by atoms with van der Waals surface area (Å²) in [6.07, 6.45) is 3.02. The minimum absolute atomic E-state index is 0.0153. The summed E-state index contributed by atoms with van der Waals surface area (Å²) in [4.78, 5) is 0. The summed E-state index contributed by atoms with van der Waals surface area (Å²) in [6, 6.07) is 7.34. The van der Waals surface area contributed by atoms with E-state index in [1.807, 2.05) is 24.3 Å².